The van der Waals surface area contributed by atoms with Crippen molar-refractivity contribution in [3.8, 4) is 0 Å². The van der Waals surface area contributed by atoms with E-state index < -0.39 is 11.7 Å². The topological polar surface area (TPSA) is 58.6 Å². The number of methoxy groups -OCH3 is 1. The Morgan fingerprint density at radius 3 is 2.67 bits per heavy atom. The minimum Gasteiger partial charge on any atom is -0.384 e. The Bertz CT molecular complexity index is 566. The predicted molar refractivity (Wildman–Crippen MR) is 83.1 cm³/mol. The molecule has 1 aromatic heterocycles. The summed E-state index contributed by atoms with van der Waals surface area (Å²) in [5.41, 5.74) is 0.485. The van der Waals surface area contributed by atoms with Crippen molar-refractivity contribution in [2.45, 2.75) is 18.6 Å². The number of carbonyl (C=O) groups excluding carboxylic acids is 1. The van der Waals surface area contributed by atoms with Crippen LogP contribution in [-0.2, 0) is 15.1 Å². The van der Waals surface area contributed by atoms with Crippen LogP contribution >= 0.6 is 11.3 Å². The fourth-order valence-corrected chi connectivity index (χ4v) is 2.83. The van der Waals surface area contributed by atoms with Gasteiger partial charge in [0, 0.05) is 7.11 Å². The molecule has 1 aromatic carbocycles. The second-order valence-electron chi connectivity index (χ2n) is 5.03. The summed E-state index contributed by atoms with van der Waals surface area (Å²) in [7, 11) is 1.49. The summed E-state index contributed by atoms with van der Waals surface area (Å²) in [6.07, 6.45) is -0.676. The van der Waals surface area contributed by atoms with Crippen LogP contribution in [0.25, 0.3) is 0 Å². The maximum absolute atomic E-state index is 12.2. The van der Waals surface area contributed by atoms with Crippen LogP contribution in [0.3, 0.4) is 0 Å². The summed E-state index contributed by atoms with van der Waals surface area (Å²) >= 11 is 1.51. The first-order chi connectivity index (χ1) is 10.0. The number of hydrogen-bond donors (Lipinski definition) is 2. The van der Waals surface area contributed by atoms with Gasteiger partial charge in [-0.25, -0.2) is 0 Å². The number of hydrogen-bond acceptors (Lipinski definition) is 4. The quantitative estimate of drug-likeness (QED) is 0.862. The zero-order chi connectivity index (χ0) is 15.3. The van der Waals surface area contributed by atoms with Gasteiger partial charge in [0.1, 0.15) is 5.60 Å². The fraction of sp³-hybridized carbons (Fsp3) is 0.312. The maximum Gasteiger partial charge on any atom is 0.253 e. The van der Waals surface area contributed by atoms with Crippen molar-refractivity contribution in [2.24, 2.45) is 0 Å². The summed E-state index contributed by atoms with van der Waals surface area (Å²) in [5, 5.41) is 16.9. The first kappa shape index (κ1) is 15.7. The van der Waals surface area contributed by atoms with E-state index in [1.54, 1.807) is 6.92 Å². The minimum absolute atomic E-state index is 0.134. The lowest BCUT2D eigenvalue weighted by Crippen LogP contribution is -2.40. The number of nitrogens with one attached hydrogen (secondary N) is 1. The Balaban J connectivity index is 2.01. The monoisotopic (exact) mass is 305 g/mol. The van der Waals surface area contributed by atoms with Crippen LogP contribution in [-0.4, -0.2) is 24.7 Å². The lowest BCUT2D eigenvalue weighted by atomic mass is 9.99. The summed E-state index contributed by atoms with van der Waals surface area (Å²) in [6.45, 7) is 1.81. The van der Waals surface area contributed by atoms with Gasteiger partial charge in [-0.05, 0) is 34.9 Å². The van der Waals surface area contributed by atoms with E-state index in [0.717, 1.165) is 11.1 Å². The summed E-state index contributed by atoms with van der Waals surface area (Å²) < 4.78 is 5.26. The van der Waals surface area contributed by atoms with Gasteiger partial charge in [-0.2, -0.15) is 11.3 Å². The third kappa shape index (κ3) is 3.91. The van der Waals surface area contributed by atoms with Gasteiger partial charge < -0.3 is 15.2 Å². The van der Waals surface area contributed by atoms with Crippen LogP contribution in [0.2, 0.25) is 0 Å². The van der Waals surface area contributed by atoms with Crippen molar-refractivity contribution < 1.29 is 14.6 Å². The lowest BCUT2D eigenvalue weighted by Gasteiger charge is -2.24. The highest BCUT2D eigenvalue weighted by molar-refractivity contribution is 7.08. The van der Waals surface area contributed by atoms with Crippen molar-refractivity contribution in [2.75, 3.05) is 13.7 Å². The number of benzene rings is 1. The Kier molecular flexibility index (Phi) is 5.12. The molecule has 1 heterocycles. The molecule has 2 aromatic rings. The number of amides is 1. The largest absolute Gasteiger partial charge is 0.384 e. The molecule has 1 amide bonds. The van der Waals surface area contributed by atoms with Crippen molar-refractivity contribution in [1.29, 1.82) is 0 Å². The van der Waals surface area contributed by atoms with E-state index in [-0.39, 0.29) is 12.5 Å². The number of carbonyl (C=O) groups is 1. The third-order valence-corrected chi connectivity index (χ3v) is 4.01. The standard InChI is InChI=1S/C16H19NO3S/c1-16(19,13-8-9-21-10-13)11-17-15(18)14(20-2)12-6-4-3-5-7-12/h3-10,14,19H,11H2,1-2H3,(H,17,18)/t14-,16?/m1/s1. The molecule has 2 N–H and O–H groups in total. The molecule has 0 saturated carbocycles. The number of ether oxygens (including phenoxy) is 1. The van der Waals surface area contributed by atoms with E-state index in [1.165, 1.54) is 18.4 Å². The molecule has 0 spiro atoms. The average Bonchev–Trinajstić information content (AvgIpc) is 3.02. The first-order valence-corrected chi connectivity index (χ1v) is 7.59. The molecule has 112 valence electrons. The normalized spacial score (nSPS) is 15.2. The van der Waals surface area contributed by atoms with Crippen LogP contribution in [0, 0.1) is 0 Å². The van der Waals surface area contributed by atoms with E-state index in [9.17, 15) is 9.90 Å². The van der Waals surface area contributed by atoms with Crippen LogP contribution in [0.5, 0.6) is 0 Å². The predicted octanol–water partition coefficient (Wildman–Crippen LogP) is 2.46. The zero-order valence-electron chi connectivity index (χ0n) is 12.1. The molecule has 0 aliphatic heterocycles. The second-order valence-corrected chi connectivity index (χ2v) is 5.81. The number of aliphatic hydroxyl groups is 1. The molecule has 5 heteroatoms. The highest BCUT2D eigenvalue weighted by atomic mass is 32.1. The van der Waals surface area contributed by atoms with Crippen molar-refractivity contribution in [3.05, 3.63) is 58.3 Å². The van der Waals surface area contributed by atoms with Crippen molar-refractivity contribution >= 4 is 17.2 Å². The molecule has 0 bridgehead atoms. The van der Waals surface area contributed by atoms with Crippen molar-refractivity contribution in [1.82, 2.24) is 5.32 Å². The second kappa shape index (κ2) is 6.85. The highest BCUT2D eigenvalue weighted by Crippen LogP contribution is 2.23. The summed E-state index contributed by atoms with van der Waals surface area (Å²) in [5.74, 6) is -0.265. The molecule has 0 radical (unpaired) electrons. The van der Waals surface area contributed by atoms with E-state index in [2.05, 4.69) is 5.32 Å². The van der Waals surface area contributed by atoms with Crippen LogP contribution in [0.4, 0.5) is 0 Å². The smallest absolute Gasteiger partial charge is 0.253 e. The molecule has 21 heavy (non-hydrogen) atoms. The van der Waals surface area contributed by atoms with Gasteiger partial charge in [0.15, 0.2) is 6.10 Å². The molecule has 1 unspecified atom stereocenters. The van der Waals surface area contributed by atoms with Gasteiger partial charge in [-0.15, -0.1) is 0 Å². The molecular formula is C16H19NO3S. The first-order valence-electron chi connectivity index (χ1n) is 6.65. The van der Waals surface area contributed by atoms with Crippen LogP contribution in [0.1, 0.15) is 24.2 Å². The molecule has 0 aliphatic rings. The average molecular weight is 305 g/mol. The Morgan fingerprint density at radius 1 is 1.38 bits per heavy atom. The Labute approximate surface area is 128 Å². The summed E-state index contributed by atoms with van der Waals surface area (Å²) in [6, 6.07) is 11.1. The van der Waals surface area contributed by atoms with Crippen molar-refractivity contribution in [3.63, 3.8) is 0 Å². The van der Waals surface area contributed by atoms with Gasteiger partial charge in [0.05, 0.1) is 6.54 Å². The van der Waals surface area contributed by atoms with E-state index in [4.69, 9.17) is 4.74 Å². The van der Waals surface area contributed by atoms with E-state index in [0.29, 0.717) is 0 Å². The SMILES string of the molecule is CO[C@@H](C(=O)NCC(C)(O)c1ccsc1)c1ccccc1. The van der Waals surface area contributed by atoms with Gasteiger partial charge >= 0.3 is 0 Å². The molecular weight excluding hydrogens is 286 g/mol. The molecule has 4 nitrogen and oxygen atoms in total. The van der Waals surface area contributed by atoms with Gasteiger partial charge in [0.2, 0.25) is 0 Å². The van der Waals surface area contributed by atoms with E-state index in [1.807, 2.05) is 47.2 Å². The van der Waals surface area contributed by atoms with Gasteiger partial charge in [-0.3, -0.25) is 4.79 Å². The molecule has 2 atom stereocenters. The maximum atomic E-state index is 12.2. The van der Waals surface area contributed by atoms with E-state index >= 15 is 0 Å². The van der Waals surface area contributed by atoms with Crippen LogP contribution in [0.15, 0.2) is 47.2 Å². The Hall–Kier alpha value is -1.69. The van der Waals surface area contributed by atoms with Gasteiger partial charge in [0.25, 0.3) is 5.91 Å². The number of thiophene rings is 1. The number of rotatable bonds is 6. The lowest BCUT2D eigenvalue weighted by molar-refractivity contribution is -0.132. The summed E-state index contributed by atoms with van der Waals surface area (Å²) in [4.78, 5) is 12.2. The zero-order valence-corrected chi connectivity index (χ0v) is 12.9. The molecule has 0 saturated heterocycles. The molecule has 2 rings (SSSR count). The molecule has 0 fully saturated rings. The minimum atomic E-state index is -1.09. The molecule has 0 aliphatic carbocycles. The Morgan fingerprint density at radius 2 is 2.10 bits per heavy atom. The third-order valence-electron chi connectivity index (χ3n) is 3.33. The highest BCUT2D eigenvalue weighted by Gasteiger charge is 2.27. The fourth-order valence-electron chi connectivity index (χ4n) is 2.05. The van der Waals surface area contributed by atoms with Gasteiger partial charge in [-0.1, -0.05) is 30.3 Å². The van der Waals surface area contributed by atoms with Crippen LogP contribution < -0.4 is 5.32 Å².